The molecule has 1 aromatic heterocycles. The highest BCUT2D eigenvalue weighted by Crippen LogP contribution is 2.24. The fourth-order valence-electron chi connectivity index (χ4n) is 3.90. The molecule has 2 fully saturated rings. The van der Waals surface area contributed by atoms with E-state index in [1.807, 2.05) is 0 Å². The van der Waals surface area contributed by atoms with Gasteiger partial charge in [0.1, 0.15) is 12.1 Å². The first kappa shape index (κ1) is 15.3. The zero-order chi connectivity index (χ0) is 15.6. The molecule has 0 saturated carbocycles. The summed E-state index contributed by atoms with van der Waals surface area (Å²) in [6.45, 7) is 6.87. The van der Waals surface area contributed by atoms with Crippen LogP contribution in [0.4, 0.5) is 5.82 Å². The fraction of sp³-hybridized carbons (Fsp3) is 0.750. The number of nitrogens with zero attached hydrogens (tertiary/aromatic N) is 4. The molecule has 2 N–H and O–H groups in total. The van der Waals surface area contributed by atoms with Crippen molar-refractivity contribution in [3.8, 4) is 0 Å². The number of hydrogen-bond acceptors (Lipinski definition) is 7. The molecular formula is C16H25N5O2. The van der Waals surface area contributed by atoms with Crippen LogP contribution in [0.15, 0.2) is 6.33 Å². The molecule has 1 aromatic rings. The molecule has 0 amide bonds. The van der Waals surface area contributed by atoms with E-state index >= 15 is 0 Å². The third-order valence-electron chi connectivity index (χ3n) is 5.18. The molecule has 4 rings (SSSR count). The Morgan fingerprint density at radius 2 is 2.13 bits per heavy atom. The lowest BCUT2D eigenvalue weighted by molar-refractivity contribution is 0.0859. The van der Waals surface area contributed by atoms with Crippen LogP contribution in [0.1, 0.15) is 17.7 Å². The number of aromatic nitrogens is 2. The quantitative estimate of drug-likeness (QED) is 0.753. The zero-order valence-corrected chi connectivity index (χ0v) is 13.4. The van der Waals surface area contributed by atoms with E-state index in [1.54, 1.807) is 6.33 Å². The molecule has 3 aliphatic heterocycles. The Kier molecular flexibility index (Phi) is 4.43. The summed E-state index contributed by atoms with van der Waals surface area (Å²) in [5.41, 5.74) is 2.45. The first-order valence-electron chi connectivity index (χ1n) is 8.61. The molecule has 4 heterocycles. The second-order valence-electron chi connectivity index (χ2n) is 6.60. The van der Waals surface area contributed by atoms with Crippen LogP contribution in [0.3, 0.4) is 0 Å². The van der Waals surface area contributed by atoms with Crippen molar-refractivity contribution in [2.24, 2.45) is 0 Å². The van der Waals surface area contributed by atoms with Crippen LogP contribution < -0.4 is 10.2 Å². The fourth-order valence-corrected chi connectivity index (χ4v) is 3.90. The highest BCUT2D eigenvalue weighted by atomic mass is 16.5. The minimum absolute atomic E-state index is 0.151. The molecule has 2 atom stereocenters. The molecule has 7 heteroatoms. The normalized spacial score (nSPS) is 29.3. The van der Waals surface area contributed by atoms with Gasteiger partial charge in [0, 0.05) is 38.3 Å². The van der Waals surface area contributed by atoms with Crippen molar-refractivity contribution in [2.75, 3.05) is 50.8 Å². The van der Waals surface area contributed by atoms with Crippen LogP contribution in [0.25, 0.3) is 0 Å². The first-order chi connectivity index (χ1) is 11.3. The Morgan fingerprint density at radius 1 is 1.17 bits per heavy atom. The molecule has 126 valence electrons. The SMILES string of the molecule is O[C@@H]1COC[C@H]1N1CCCN(c2ncnc3c2CCNC3)CC1. The van der Waals surface area contributed by atoms with Crippen molar-refractivity contribution in [2.45, 2.75) is 31.5 Å². The van der Waals surface area contributed by atoms with Gasteiger partial charge in [-0.25, -0.2) is 9.97 Å². The number of hydrogen-bond donors (Lipinski definition) is 2. The maximum absolute atomic E-state index is 10.1. The second-order valence-corrected chi connectivity index (χ2v) is 6.60. The van der Waals surface area contributed by atoms with Crippen molar-refractivity contribution < 1.29 is 9.84 Å². The summed E-state index contributed by atoms with van der Waals surface area (Å²) in [7, 11) is 0. The van der Waals surface area contributed by atoms with Crippen molar-refractivity contribution in [3.63, 3.8) is 0 Å². The summed E-state index contributed by atoms with van der Waals surface area (Å²) in [5, 5.41) is 13.4. The number of fused-ring (bicyclic) bond motifs is 1. The Morgan fingerprint density at radius 3 is 3.00 bits per heavy atom. The number of ether oxygens (including phenoxy) is 1. The number of aliphatic hydroxyl groups excluding tert-OH is 1. The Labute approximate surface area is 136 Å². The van der Waals surface area contributed by atoms with Gasteiger partial charge in [0.15, 0.2) is 0 Å². The van der Waals surface area contributed by atoms with Gasteiger partial charge < -0.3 is 20.1 Å². The van der Waals surface area contributed by atoms with Crippen LogP contribution >= 0.6 is 0 Å². The second kappa shape index (κ2) is 6.68. The van der Waals surface area contributed by atoms with Gasteiger partial charge in [-0.2, -0.15) is 0 Å². The van der Waals surface area contributed by atoms with Crippen LogP contribution in [0.2, 0.25) is 0 Å². The van der Waals surface area contributed by atoms with Crippen molar-refractivity contribution in [3.05, 3.63) is 17.6 Å². The largest absolute Gasteiger partial charge is 0.389 e. The summed E-state index contributed by atoms with van der Waals surface area (Å²) in [6, 6.07) is 0.151. The lowest BCUT2D eigenvalue weighted by atomic mass is 10.1. The molecule has 7 nitrogen and oxygen atoms in total. The van der Waals surface area contributed by atoms with Gasteiger partial charge in [-0.15, -0.1) is 0 Å². The van der Waals surface area contributed by atoms with Crippen LogP contribution in [0, 0.1) is 0 Å². The molecule has 0 aliphatic carbocycles. The van der Waals surface area contributed by atoms with E-state index in [2.05, 4.69) is 25.1 Å². The molecule has 2 saturated heterocycles. The van der Waals surface area contributed by atoms with Crippen LogP contribution in [-0.4, -0.2) is 78.1 Å². The van der Waals surface area contributed by atoms with Crippen molar-refractivity contribution in [1.82, 2.24) is 20.2 Å². The Balaban J connectivity index is 1.49. The van der Waals surface area contributed by atoms with E-state index in [9.17, 15) is 5.11 Å². The van der Waals surface area contributed by atoms with Gasteiger partial charge in [-0.3, -0.25) is 4.90 Å². The van der Waals surface area contributed by atoms with Gasteiger partial charge in [-0.05, 0) is 19.4 Å². The maximum atomic E-state index is 10.1. The topological polar surface area (TPSA) is 73.8 Å². The molecule has 0 radical (unpaired) electrons. The van der Waals surface area contributed by atoms with Gasteiger partial charge in [0.05, 0.1) is 31.1 Å². The predicted molar refractivity (Wildman–Crippen MR) is 86.5 cm³/mol. The predicted octanol–water partition coefficient (Wildman–Crippen LogP) is -0.606. The Hall–Kier alpha value is -1.28. The van der Waals surface area contributed by atoms with E-state index in [0.717, 1.165) is 63.6 Å². The highest BCUT2D eigenvalue weighted by Gasteiger charge is 2.33. The molecular weight excluding hydrogens is 294 g/mol. The molecule has 23 heavy (non-hydrogen) atoms. The maximum Gasteiger partial charge on any atom is 0.135 e. The van der Waals surface area contributed by atoms with E-state index in [4.69, 9.17) is 4.74 Å². The van der Waals surface area contributed by atoms with Gasteiger partial charge in [0.25, 0.3) is 0 Å². The minimum atomic E-state index is -0.348. The summed E-state index contributed by atoms with van der Waals surface area (Å²) < 4.78 is 5.42. The van der Waals surface area contributed by atoms with E-state index in [-0.39, 0.29) is 12.1 Å². The zero-order valence-electron chi connectivity index (χ0n) is 13.4. The average molecular weight is 319 g/mol. The molecule has 0 aromatic carbocycles. The molecule has 0 spiro atoms. The summed E-state index contributed by atoms with van der Waals surface area (Å²) in [4.78, 5) is 13.8. The molecule has 0 unspecified atom stereocenters. The smallest absolute Gasteiger partial charge is 0.135 e. The van der Waals surface area contributed by atoms with E-state index < -0.39 is 0 Å². The van der Waals surface area contributed by atoms with Gasteiger partial charge in [0.2, 0.25) is 0 Å². The lowest BCUT2D eigenvalue weighted by Crippen LogP contribution is -2.45. The molecule has 0 bridgehead atoms. The summed E-state index contributed by atoms with van der Waals surface area (Å²) in [5.74, 6) is 1.11. The number of nitrogens with one attached hydrogen (secondary N) is 1. The monoisotopic (exact) mass is 319 g/mol. The number of anilines is 1. The summed E-state index contributed by atoms with van der Waals surface area (Å²) in [6.07, 6.45) is 3.43. The lowest BCUT2D eigenvalue weighted by Gasteiger charge is -2.29. The van der Waals surface area contributed by atoms with Crippen LogP contribution in [0.5, 0.6) is 0 Å². The van der Waals surface area contributed by atoms with Crippen molar-refractivity contribution in [1.29, 1.82) is 0 Å². The van der Waals surface area contributed by atoms with Gasteiger partial charge in [-0.1, -0.05) is 0 Å². The standard InChI is InChI=1S/C16H25N5O2/c22-15-10-23-9-14(15)20-4-1-5-21(7-6-20)16-12-2-3-17-8-13(12)18-11-19-16/h11,14-15,17,22H,1-10H2/t14-,15-/m1/s1. The number of rotatable bonds is 2. The van der Waals surface area contributed by atoms with Gasteiger partial charge >= 0.3 is 0 Å². The summed E-state index contributed by atoms with van der Waals surface area (Å²) >= 11 is 0. The number of aliphatic hydroxyl groups is 1. The third kappa shape index (κ3) is 3.06. The van der Waals surface area contributed by atoms with E-state index in [0.29, 0.717) is 13.2 Å². The van der Waals surface area contributed by atoms with Crippen LogP contribution in [-0.2, 0) is 17.7 Å². The van der Waals surface area contributed by atoms with Crippen molar-refractivity contribution >= 4 is 5.82 Å². The highest BCUT2D eigenvalue weighted by molar-refractivity contribution is 5.49. The third-order valence-corrected chi connectivity index (χ3v) is 5.18. The minimum Gasteiger partial charge on any atom is -0.389 e. The Bertz CT molecular complexity index is 555. The molecule has 3 aliphatic rings. The van der Waals surface area contributed by atoms with E-state index in [1.165, 1.54) is 5.56 Å². The average Bonchev–Trinajstić information content (AvgIpc) is 2.87. The first-order valence-corrected chi connectivity index (χ1v) is 8.61.